The van der Waals surface area contributed by atoms with Gasteiger partial charge in [0.2, 0.25) is 6.79 Å². The Morgan fingerprint density at radius 2 is 1.91 bits per heavy atom. The standard InChI is InChI=1S/C23H25O8P/c1-4-12-10-28-23(25)21(12)20(13-5-14(9-24)22(27-3)19(6-13)26-2)15-7-17-18(30-11-29-17)8-16(15)31-32/h4-8,12,20-21,24H,1,9-11,32H2,2-3H3/t12-,20?,21?/m0/s1. The zero-order chi connectivity index (χ0) is 22.8. The lowest BCUT2D eigenvalue weighted by atomic mass is 9.74. The molecule has 2 aliphatic heterocycles. The van der Waals surface area contributed by atoms with Gasteiger partial charge in [0, 0.05) is 29.0 Å². The molecule has 4 rings (SSSR count). The van der Waals surface area contributed by atoms with Crippen LogP contribution in [-0.2, 0) is 16.1 Å². The Kier molecular flexibility index (Phi) is 6.44. The van der Waals surface area contributed by atoms with E-state index in [-0.39, 0.29) is 31.9 Å². The van der Waals surface area contributed by atoms with Gasteiger partial charge in [-0.1, -0.05) is 6.08 Å². The van der Waals surface area contributed by atoms with Crippen LogP contribution in [0.15, 0.2) is 36.9 Å². The molecule has 2 aliphatic rings. The summed E-state index contributed by atoms with van der Waals surface area (Å²) in [5.41, 5.74) is 1.96. The van der Waals surface area contributed by atoms with Gasteiger partial charge in [-0.25, -0.2) is 0 Å². The smallest absolute Gasteiger partial charge is 0.310 e. The quantitative estimate of drug-likeness (QED) is 0.365. The summed E-state index contributed by atoms with van der Waals surface area (Å²) >= 11 is 0. The van der Waals surface area contributed by atoms with E-state index in [1.165, 1.54) is 14.2 Å². The van der Waals surface area contributed by atoms with Crippen LogP contribution in [0.2, 0.25) is 0 Å². The van der Waals surface area contributed by atoms with Crippen molar-refractivity contribution in [2.75, 3.05) is 27.6 Å². The molecule has 0 amide bonds. The molecule has 9 heteroatoms. The highest BCUT2D eigenvalue weighted by molar-refractivity contribution is 7.10. The average Bonchev–Trinajstić information content (AvgIpc) is 3.43. The molecule has 2 aromatic rings. The van der Waals surface area contributed by atoms with E-state index in [1.807, 2.05) is 6.07 Å². The van der Waals surface area contributed by atoms with Crippen molar-refractivity contribution in [3.8, 4) is 28.7 Å². The van der Waals surface area contributed by atoms with Gasteiger partial charge in [-0.15, -0.1) is 6.58 Å². The molecular weight excluding hydrogens is 435 g/mol. The Balaban J connectivity index is 1.97. The number of hydrogen-bond donors (Lipinski definition) is 1. The van der Waals surface area contributed by atoms with Crippen LogP contribution in [0.25, 0.3) is 0 Å². The second kappa shape index (κ2) is 9.27. The van der Waals surface area contributed by atoms with E-state index in [9.17, 15) is 9.90 Å². The SMILES string of the molecule is C=C[C@H]1COC(=O)C1C(c1cc(CO)c(OC)c(OC)c1)c1cc2c(cc1OP)OCO2. The Morgan fingerprint density at radius 3 is 2.53 bits per heavy atom. The summed E-state index contributed by atoms with van der Waals surface area (Å²) in [6.07, 6.45) is 1.73. The van der Waals surface area contributed by atoms with E-state index < -0.39 is 11.8 Å². The van der Waals surface area contributed by atoms with Gasteiger partial charge in [0.1, 0.15) is 5.75 Å². The number of carbonyl (C=O) groups excluding carboxylic acids is 1. The summed E-state index contributed by atoms with van der Waals surface area (Å²) in [4.78, 5) is 12.9. The molecule has 3 unspecified atom stereocenters. The molecule has 1 fully saturated rings. The van der Waals surface area contributed by atoms with E-state index in [1.54, 1.807) is 24.3 Å². The monoisotopic (exact) mass is 460 g/mol. The van der Waals surface area contributed by atoms with Crippen molar-refractivity contribution >= 4 is 15.4 Å². The summed E-state index contributed by atoms with van der Waals surface area (Å²) < 4.78 is 33.0. The fourth-order valence-corrected chi connectivity index (χ4v) is 4.58. The predicted molar refractivity (Wildman–Crippen MR) is 118 cm³/mol. The number of aliphatic hydroxyl groups is 1. The van der Waals surface area contributed by atoms with Crippen molar-refractivity contribution < 1.29 is 38.1 Å². The Morgan fingerprint density at radius 1 is 1.16 bits per heavy atom. The number of benzene rings is 2. The number of rotatable bonds is 8. The minimum atomic E-state index is -0.573. The van der Waals surface area contributed by atoms with Crippen molar-refractivity contribution in [1.29, 1.82) is 0 Å². The third-order valence-electron chi connectivity index (χ3n) is 5.89. The second-order valence-electron chi connectivity index (χ2n) is 7.47. The van der Waals surface area contributed by atoms with Gasteiger partial charge >= 0.3 is 5.97 Å². The Bertz CT molecular complexity index is 1010. The molecule has 4 atom stereocenters. The Labute approximate surface area is 188 Å². The first kappa shape index (κ1) is 22.2. The second-order valence-corrected chi connectivity index (χ2v) is 7.70. The first-order valence-electron chi connectivity index (χ1n) is 10.0. The predicted octanol–water partition coefficient (Wildman–Crippen LogP) is 3.20. The normalized spacial score (nSPS) is 19.9. The largest absolute Gasteiger partial charge is 0.493 e. The number of esters is 1. The molecule has 170 valence electrons. The van der Waals surface area contributed by atoms with Gasteiger partial charge in [0.05, 0.1) is 42.8 Å². The summed E-state index contributed by atoms with van der Waals surface area (Å²) in [7, 11) is 5.26. The Hall–Kier alpha value is -2.96. The fourth-order valence-electron chi connectivity index (χ4n) is 4.38. The van der Waals surface area contributed by atoms with Crippen LogP contribution in [0, 0.1) is 11.8 Å². The zero-order valence-electron chi connectivity index (χ0n) is 17.8. The number of fused-ring (bicyclic) bond motifs is 1. The third kappa shape index (κ3) is 3.74. The highest BCUT2D eigenvalue weighted by atomic mass is 31.0. The zero-order valence-corrected chi connectivity index (χ0v) is 19.0. The van der Waals surface area contributed by atoms with Gasteiger partial charge < -0.3 is 33.3 Å². The van der Waals surface area contributed by atoms with E-state index in [4.69, 9.17) is 28.2 Å². The minimum Gasteiger partial charge on any atom is -0.493 e. The van der Waals surface area contributed by atoms with Gasteiger partial charge in [-0.05, 0) is 23.8 Å². The van der Waals surface area contributed by atoms with Crippen LogP contribution in [0.5, 0.6) is 28.7 Å². The van der Waals surface area contributed by atoms with Crippen molar-refractivity contribution in [1.82, 2.24) is 0 Å². The lowest BCUT2D eigenvalue weighted by molar-refractivity contribution is -0.141. The van der Waals surface area contributed by atoms with Crippen molar-refractivity contribution in [2.24, 2.45) is 11.8 Å². The number of aliphatic hydroxyl groups excluding tert-OH is 1. The van der Waals surface area contributed by atoms with Gasteiger partial charge in [0.25, 0.3) is 0 Å². The minimum absolute atomic E-state index is 0.103. The molecule has 0 radical (unpaired) electrons. The van der Waals surface area contributed by atoms with Crippen molar-refractivity contribution in [3.63, 3.8) is 0 Å². The number of carbonyl (C=O) groups is 1. The molecule has 0 saturated carbocycles. The first-order chi connectivity index (χ1) is 15.6. The summed E-state index contributed by atoms with van der Waals surface area (Å²) in [5.74, 6) is 0.845. The highest BCUT2D eigenvalue weighted by Crippen LogP contribution is 2.50. The molecule has 8 nitrogen and oxygen atoms in total. The van der Waals surface area contributed by atoms with Crippen LogP contribution in [0.1, 0.15) is 22.6 Å². The molecule has 2 aromatic carbocycles. The summed E-state index contributed by atoms with van der Waals surface area (Å²) in [6.45, 7) is 3.97. The van der Waals surface area contributed by atoms with E-state index in [2.05, 4.69) is 16.0 Å². The topological polar surface area (TPSA) is 92.7 Å². The summed E-state index contributed by atoms with van der Waals surface area (Å²) in [6, 6.07) is 7.14. The van der Waals surface area contributed by atoms with Crippen molar-refractivity contribution in [2.45, 2.75) is 12.5 Å². The van der Waals surface area contributed by atoms with Crippen LogP contribution < -0.4 is 23.5 Å². The highest BCUT2D eigenvalue weighted by Gasteiger charge is 2.44. The van der Waals surface area contributed by atoms with Gasteiger partial charge in [-0.2, -0.15) is 0 Å². The molecule has 2 heterocycles. The van der Waals surface area contributed by atoms with Gasteiger partial charge in [0.15, 0.2) is 23.0 Å². The van der Waals surface area contributed by atoms with Crippen LogP contribution in [0.4, 0.5) is 0 Å². The maximum absolute atomic E-state index is 12.9. The van der Waals surface area contributed by atoms with E-state index in [0.29, 0.717) is 39.9 Å². The third-order valence-corrected chi connectivity index (χ3v) is 6.14. The maximum atomic E-state index is 12.9. The molecular formula is C23H25O8P. The number of hydrogen-bond acceptors (Lipinski definition) is 8. The molecule has 0 spiro atoms. The van der Waals surface area contributed by atoms with Gasteiger partial charge in [-0.3, -0.25) is 4.79 Å². The van der Waals surface area contributed by atoms with Crippen LogP contribution >= 0.6 is 9.47 Å². The van der Waals surface area contributed by atoms with Crippen LogP contribution in [0.3, 0.4) is 0 Å². The number of cyclic esters (lactones) is 1. The lowest BCUT2D eigenvalue weighted by Crippen LogP contribution is -2.25. The molecule has 0 aromatic heterocycles. The summed E-state index contributed by atoms with van der Waals surface area (Å²) in [5, 5.41) is 9.98. The first-order valence-corrected chi connectivity index (χ1v) is 10.5. The molecule has 1 saturated heterocycles. The van der Waals surface area contributed by atoms with Crippen LogP contribution in [-0.4, -0.2) is 38.7 Å². The average molecular weight is 460 g/mol. The van der Waals surface area contributed by atoms with Crippen molar-refractivity contribution in [3.05, 3.63) is 53.6 Å². The molecule has 32 heavy (non-hydrogen) atoms. The molecule has 0 aliphatic carbocycles. The number of ether oxygens (including phenoxy) is 5. The van der Waals surface area contributed by atoms with E-state index >= 15 is 0 Å². The lowest BCUT2D eigenvalue weighted by Gasteiger charge is -2.28. The fraction of sp³-hybridized carbons (Fsp3) is 0.348. The molecule has 0 bridgehead atoms. The maximum Gasteiger partial charge on any atom is 0.310 e. The van der Waals surface area contributed by atoms with E-state index in [0.717, 1.165) is 5.56 Å². The number of methoxy groups -OCH3 is 2. The molecule has 1 N–H and O–H groups in total.